The minimum absolute atomic E-state index is 0.107. The topological polar surface area (TPSA) is 71.0 Å². The molecule has 2 N–H and O–H groups in total. The van der Waals surface area contributed by atoms with Crippen molar-refractivity contribution in [3.63, 3.8) is 0 Å². The molecule has 0 aliphatic rings. The lowest BCUT2D eigenvalue weighted by Gasteiger charge is -2.27. The lowest BCUT2D eigenvalue weighted by Crippen LogP contribution is -2.30. The Balaban J connectivity index is 2.04. The van der Waals surface area contributed by atoms with Crippen LogP contribution in [0, 0.1) is 5.82 Å². The number of nitrogens with zero attached hydrogens (tertiary/aromatic N) is 2. The van der Waals surface area contributed by atoms with Crippen molar-refractivity contribution in [1.82, 2.24) is 15.0 Å². The van der Waals surface area contributed by atoms with Crippen LogP contribution in [-0.2, 0) is 5.60 Å². The Bertz CT molecular complexity index is 998. The Hall–Kier alpha value is -2.30. The normalized spacial score (nSPS) is 13.9. The molecule has 0 aliphatic carbocycles. The number of nitrogens with one attached hydrogen (secondary N) is 1. The van der Waals surface area contributed by atoms with E-state index in [1.165, 1.54) is 42.2 Å². The Morgan fingerprint density at radius 2 is 1.86 bits per heavy atom. The molecule has 0 saturated heterocycles. The van der Waals surface area contributed by atoms with Crippen molar-refractivity contribution in [2.24, 2.45) is 0 Å². The molecular weight excluding hydrogens is 434 g/mol. The van der Waals surface area contributed by atoms with Gasteiger partial charge in [0.05, 0.1) is 16.2 Å². The molecule has 2 aromatic heterocycles. The van der Waals surface area contributed by atoms with Crippen LogP contribution in [0.1, 0.15) is 17.0 Å². The van der Waals surface area contributed by atoms with Crippen LogP contribution in [0.4, 0.5) is 17.6 Å². The van der Waals surface area contributed by atoms with Crippen LogP contribution in [0.15, 0.2) is 47.8 Å². The van der Waals surface area contributed by atoms with E-state index in [4.69, 9.17) is 11.6 Å². The second-order valence-electron chi connectivity index (χ2n) is 5.93. The first-order valence-electron chi connectivity index (χ1n) is 8.07. The average Bonchev–Trinajstić information content (AvgIpc) is 3.17. The van der Waals surface area contributed by atoms with Gasteiger partial charge in [-0.25, -0.2) is 14.4 Å². The molecule has 3 aromatic rings. The van der Waals surface area contributed by atoms with Gasteiger partial charge in [0.25, 0.3) is 0 Å². The largest absolute Gasteiger partial charge is 0.468 e. The second kappa shape index (κ2) is 8.21. The van der Waals surface area contributed by atoms with E-state index in [1.54, 1.807) is 6.26 Å². The average molecular weight is 448 g/mol. The SMILES string of the molecule is CSc1cnc(C(O)(c2ccc(OCC(F)(F)F)nc2)c2ccc(F)c(Cl)c2)[nH]1. The summed E-state index contributed by atoms with van der Waals surface area (Å²) in [6.07, 6.45) is -0.0393. The highest BCUT2D eigenvalue weighted by Gasteiger charge is 2.38. The van der Waals surface area contributed by atoms with Gasteiger partial charge in [-0.1, -0.05) is 17.7 Å². The molecule has 2 heterocycles. The molecular formula is C18H14ClF4N3O2S. The molecule has 0 radical (unpaired) electrons. The predicted molar refractivity (Wildman–Crippen MR) is 99.7 cm³/mol. The molecule has 154 valence electrons. The van der Waals surface area contributed by atoms with Crippen LogP contribution in [0.25, 0.3) is 0 Å². The highest BCUT2D eigenvalue weighted by Crippen LogP contribution is 2.37. The van der Waals surface area contributed by atoms with Crippen LogP contribution in [-0.4, -0.2) is 39.1 Å². The van der Waals surface area contributed by atoms with E-state index in [1.807, 2.05) is 0 Å². The number of aromatic amines is 1. The van der Waals surface area contributed by atoms with Crippen LogP contribution in [0.5, 0.6) is 5.88 Å². The van der Waals surface area contributed by atoms with E-state index in [9.17, 15) is 22.7 Å². The fourth-order valence-corrected chi connectivity index (χ4v) is 3.13. The van der Waals surface area contributed by atoms with Gasteiger partial charge in [-0.2, -0.15) is 13.2 Å². The number of benzene rings is 1. The molecule has 29 heavy (non-hydrogen) atoms. The highest BCUT2D eigenvalue weighted by atomic mass is 35.5. The molecule has 3 rings (SSSR count). The van der Waals surface area contributed by atoms with Gasteiger partial charge in [0, 0.05) is 17.8 Å². The predicted octanol–water partition coefficient (Wildman–Crippen LogP) is 4.54. The number of H-pyrrole nitrogens is 1. The van der Waals surface area contributed by atoms with Crippen LogP contribution < -0.4 is 4.74 Å². The third kappa shape index (κ3) is 4.65. The number of rotatable bonds is 6. The Kier molecular flexibility index (Phi) is 6.06. The van der Waals surface area contributed by atoms with Gasteiger partial charge in [-0.3, -0.25) is 0 Å². The molecule has 0 fully saturated rings. The van der Waals surface area contributed by atoms with E-state index < -0.39 is 24.2 Å². The zero-order valence-corrected chi connectivity index (χ0v) is 16.4. The first kappa shape index (κ1) is 21.4. The number of ether oxygens (including phenoxy) is 1. The molecule has 0 amide bonds. The molecule has 0 spiro atoms. The van der Waals surface area contributed by atoms with Crippen molar-refractivity contribution < 1.29 is 27.4 Å². The van der Waals surface area contributed by atoms with E-state index in [0.29, 0.717) is 5.03 Å². The van der Waals surface area contributed by atoms with Crippen molar-refractivity contribution in [2.45, 2.75) is 16.8 Å². The zero-order valence-electron chi connectivity index (χ0n) is 14.8. The summed E-state index contributed by atoms with van der Waals surface area (Å²) in [5, 5.41) is 12.0. The van der Waals surface area contributed by atoms with Crippen LogP contribution >= 0.6 is 23.4 Å². The Morgan fingerprint density at radius 3 is 2.41 bits per heavy atom. The van der Waals surface area contributed by atoms with Gasteiger partial charge in [-0.05, 0) is 30.0 Å². The summed E-state index contributed by atoms with van der Waals surface area (Å²) >= 11 is 7.23. The lowest BCUT2D eigenvalue weighted by atomic mass is 9.86. The molecule has 1 atom stereocenters. The van der Waals surface area contributed by atoms with Gasteiger partial charge < -0.3 is 14.8 Å². The van der Waals surface area contributed by atoms with Crippen LogP contribution in [0.3, 0.4) is 0 Å². The summed E-state index contributed by atoms with van der Waals surface area (Å²) in [7, 11) is 0. The fraction of sp³-hybridized carbons (Fsp3) is 0.222. The minimum Gasteiger partial charge on any atom is -0.468 e. The number of halogens is 5. The molecule has 0 aliphatic heterocycles. The number of imidazole rings is 1. The number of aromatic nitrogens is 3. The number of thioether (sulfide) groups is 1. The van der Waals surface area contributed by atoms with Gasteiger partial charge in [0.1, 0.15) is 11.6 Å². The standard InChI is InChI=1S/C18H14ClF4N3O2S/c1-29-15-8-25-16(26-15)18(27,10-2-4-13(20)12(19)6-10)11-3-5-14(24-7-11)28-9-17(21,22)23/h2-8,27H,9H2,1H3,(H,25,26). The maximum Gasteiger partial charge on any atom is 0.422 e. The van der Waals surface area contributed by atoms with Gasteiger partial charge in [-0.15, -0.1) is 11.8 Å². The maximum absolute atomic E-state index is 13.6. The van der Waals surface area contributed by atoms with Crippen molar-refractivity contribution >= 4 is 23.4 Å². The molecule has 1 aromatic carbocycles. The number of alkyl halides is 3. The summed E-state index contributed by atoms with van der Waals surface area (Å²) in [6.45, 7) is -1.49. The molecule has 5 nitrogen and oxygen atoms in total. The first-order chi connectivity index (χ1) is 13.6. The molecule has 0 saturated carbocycles. The first-order valence-corrected chi connectivity index (χ1v) is 9.67. The number of pyridine rings is 1. The smallest absolute Gasteiger partial charge is 0.422 e. The van der Waals surface area contributed by atoms with Gasteiger partial charge >= 0.3 is 6.18 Å². The monoisotopic (exact) mass is 447 g/mol. The van der Waals surface area contributed by atoms with E-state index in [0.717, 1.165) is 12.3 Å². The number of hydrogen-bond donors (Lipinski definition) is 2. The second-order valence-corrected chi connectivity index (χ2v) is 7.18. The van der Waals surface area contributed by atoms with E-state index >= 15 is 0 Å². The quantitative estimate of drug-likeness (QED) is 0.428. The Labute approximate surface area is 172 Å². The van der Waals surface area contributed by atoms with Crippen molar-refractivity contribution in [3.8, 4) is 5.88 Å². The maximum atomic E-state index is 13.6. The summed E-state index contributed by atoms with van der Waals surface area (Å²) in [5.74, 6) is -0.832. The van der Waals surface area contributed by atoms with Gasteiger partial charge in [0.15, 0.2) is 12.2 Å². The summed E-state index contributed by atoms with van der Waals surface area (Å²) in [6, 6.07) is 6.20. The summed E-state index contributed by atoms with van der Waals surface area (Å²) in [5.41, 5.74) is -1.56. The highest BCUT2D eigenvalue weighted by molar-refractivity contribution is 7.98. The van der Waals surface area contributed by atoms with E-state index in [2.05, 4.69) is 19.7 Å². The van der Waals surface area contributed by atoms with Crippen molar-refractivity contribution in [3.05, 3.63) is 70.5 Å². The third-order valence-electron chi connectivity index (χ3n) is 3.99. The molecule has 11 heteroatoms. The lowest BCUT2D eigenvalue weighted by molar-refractivity contribution is -0.154. The fourth-order valence-electron chi connectivity index (χ4n) is 2.59. The van der Waals surface area contributed by atoms with Crippen molar-refractivity contribution in [2.75, 3.05) is 12.9 Å². The summed E-state index contributed by atoms with van der Waals surface area (Å²) in [4.78, 5) is 11.0. The Morgan fingerprint density at radius 1 is 1.14 bits per heavy atom. The zero-order chi connectivity index (χ0) is 21.2. The van der Waals surface area contributed by atoms with Gasteiger partial charge in [0.2, 0.25) is 5.88 Å². The third-order valence-corrected chi connectivity index (χ3v) is 4.93. The molecule has 0 bridgehead atoms. The van der Waals surface area contributed by atoms with Crippen LogP contribution in [0.2, 0.25) is 5.02 Å². The summed E-state index contributed by atoms with van der Waals surface area (Å²) < 4.78 is 55.1. The minimum atomic E-state index is -4.51. The number of aliphatic hydroxyl groups is 1. The number of hydrogen-bond acceptors (Lipinski definition) is 5. The van der Waals surface area contributed by atoms with Crippen molar-refractivity contribution in [1.29, 1.82) is 0 Å². The van der Waals surface area contributed by atoms with E-state index in [-0.39, 0.29) is 27.9 Å². The molecule has 1 unspecified atom stereocenters.